The van der Waals surface area contributed by atoms with Crippen LogP contribution in [-0.4, -0.2) is 25.2 Å². The van der Waals surface area contributed by atoms with E-state index in [0.29, 0.717) is 30.3 Å². The van der Waals surface area contributed by atoms with Gasteiger partial charge in [-0.3, -0.25) is 0 Å². The third kappa shape index (κ3) is 5.58. The Morgan fingerprint density at radius 3 is 2.15 bits per heavy atom. The fourth-order valence-corrected chi connectivity index (χ4v) is 3.49. The molecule has 1 fully saturated rings. The molecule has 1 aliphatic carbocycles. The van der Waals surface area contributed by atoms with Gasteiger partial charge in [-0.2, -0.15) is 0 Å². The van der Waals surface area contributed by atoms with E-state index in [-0.39, 0.29) is 5.97 Å². The predicted molar refractivity (Wildman–Crippen MR) is 103 cm³/mol. The zero-order chi connectivity index (χ0) is 18.8. The van der Waals surface area contributed by atoms with E-state index in [1.54, 1.807) is 6.07 Å². The Kier molecular flexibility index (Phi) is 8.66. The summed E-state index contributed by atoms with van der Waals surface area (Å²) in [7, 11) is 0. The second-order valence-corrected chi connectivity index (χ2v) is 7.08. The van der Waals surface area contributed by atoms with Gasteiger partial charge in [0.05, 0.1) is 24.3 Å². The number of rotatable bonds is 9. The molecule has 0 spiro atoms. The average molecular weight is 360 g/mol. The number of esters is 2. The lowest BCUT2D eigenvalue weighted by Gasteiger charge is -2.25. The molecule has 0 unspecified atom stereocenters. The Hall–Kier alpha value is -1.84. The molecule has 26 heavy (non-hydrogen) atoms. The van der Waals surface area contributed by atoms with E-state index in [1.807, 2.05) is 19.1 Å². The van der Waals surface area contributed by atoms with E-state index in [1.165, 1.54) is 19.3 Å². The highest BCUT2D eigenvalue weighted by Gasteiger charge is 2.27. The summed E-state index contributed by atoms with van der Waals surface area (Å²) >= 11 is 0. The van der Waals surface area contributed by atoms with E-state index in [9.17, 15) is 9.59 Å². The fourth-order valence-electron chi connectivity index (χ4n) is 3.49. The summed E-state index contributed by atoms with van der Waals surface area (Å²) in [4.78, 5) is 25.4. The molecule has 4 nitrogen and oxygen atoms in total. The lowest BCUT2D eigenvalue weighted by atomic mass is 9.81. The van der Waals surface area contributed by atoms with E-state index >= 15 is 0 Å². The van der Waals surface area contributed by atoms with Gasteiger partial charge in [-0.25, -0.2) is 9.59 Å². The lowest BCUT2D eigenvalue weighted by molar-refractivity contribution is 0.0450. The van der Waals surface area contributed by atoms with Gasteiger partial charge in [0.25, 0.3) is 0 Å². The number of carbonyl (C=O) groups excluding carboxylic acids is 2. The van der Waals surface area contributed by atoms with Crippen LogP contribution in [0.25, 0.3) is 0 Å². The summed E-state index contributed by atoms with van der Waals surface area (Å²) in [6, 6.07) is 5.54. The summed E-state index contributed by atoms with van der Waals surface area (Å²) < 4.78 is 10.9. The van der Waals surface area contributed by atoms with Crippen LogP contribution in [0.5, 0.6) is 0 Å². The van der Waals surface area contributed by atoms with Crippen LogP contribution in [0.3, 0.4) is 0 Å². The van der Waals surface area contributed by atoms with Gasteiger partial charge >= 0.3 is 11.9 Å². The largest absolute Gasteiger partial charge is 0.462 e. The zero-order valence-electron chi connectivity index (χ0n) is 16.2. The molecule has 1 aliphatic rings. The predicted octanol–water partition coefficient (Wildman–Crippen LogP) is 5.65. The van der Waals surface area contributed by atoms with Gasteiger partial charge in [-0.15, -0.1) is 0 Å². The Morgan fingerprint density at radius 2 is 1.54 bits per heavy atom. The summed E-state index contributed by atoms with van der Waals surface area (Å²) in [6.07, 6.45) is 9.27. The van der Waals surface area contributed by atoms with Crippen molar-refractivity contribution in [2.24, 2.45) is 0 Å². The first-order valence-electron chi connectivity index (χ1n) is 10.2. The topological polar surface area (TPSA) is 52.6 Å². The summed E-state index contributed by atoms with van der Waals surface area (Å²) in [5.41, 5.74) is 1.74. The molecule has 0 heterocycles. The van der Waals surface area contributed by atoms with E-state index in [4.69, 9.17) is 9.47 Å². The number of hydrogen-bond acceptors (Lipinski definition) is 4. The Morgan fingerprint density at radius 1 is 0.923 bits per heavy atom. The summed E-state index contributed by atoms with van der Waals surface area (Å²) in [6.45, 7) is 4.88. The van der Waals surface area contributed by atoms with Crippen LogP contribution < -0.4 is 0 Å². The van der Waals surface area contributed by atoms with Crippen LogP contribution in [0, 0.1) is 0 Å². The normalized spacial score (nSPS) is 14.8. The molecule has 0 aromatic heterocycles. The number of benzene rings is 1. The Bertz CT molecular complexity index is 588. The van der Waals surface area contributed by atoms with Crippen molar-refractivity contribution in [2.75, 3.05) is 13.2 Å². The molecule has 0 radical (unpaired) electrons. The molecule has 0 N–H and O–H groups in total. The molecular formula is C22H32O4. The minimum Gasteiger partial charge on any atom is -0.462 e. The maximum Gasteiger partial charge on any atom is 0.339 e. The highest BCUT2D eigenvalue weighted by Crippen LogP contribution is 2.36. The fraction of sp³-hybridized carbons (Fsp3) is 0.636. The molecule has 0 amide bonds. The molecule has 0 atom stereocenters. The van der Waals surface area contributed by atoms with Crippen LogP contribution in [0.15, 0.2) is 18.2 Å². The van der Waals surface area contributed by atoms with E-state index < -0.39 is 5.97 Å². The van der Waals surface area contributed by atoms with Gasteiger partial charge in [0.2, 0.25) is 0 Å². The SMILES string of the molecule is CCCCOC(=O)c1cccc(C2CCCCC2)c1C(=O)OCCCC. The summed E-state index contributed by atoms with van der Waals surface area (Å²) in [5.74, 6) is -0.485. The highest BCUT2D eigenvalue weighted by atomic mass is 16.5. The minimum atomic E-state index is -0.418. The van der Waals surface area contributed by atoms with Gasteiger partial charge < -0.3 is 9.47 Å². The van der Waals surface area contributed by atoms with Gasteiger partial charge in [0, 0.05) is 0 Å². The molecule has 144 valence electrons. The smallest absolute Gasteiger partial charge is 0.339 e. The van der Waals surface area contributed by atoms with Crippen LogP contribution in [0.4, 0.5) is 0 Å². The maximum atomic E-state index is 12.8. The van der Waals surface area contributed by atoms with Crippen molar-refractivity contribution in [1.29, 1.82) is 0 Å². The Labute approximate surface area is 157 Å². The number of unbranched alkanes of at least 4 members (excludes halogenated alkanes) is 2. The van der Waals surface area contributed by atoms with Crippen LogP contribution in [0.1, 0.15) is 104 Å². The van der Waals surface area contributed by atoms with Crippen LogP contribution >= 0.6 is 0 Å². The van der Waals surface area contributed by atoms with Gasteiger partial charge in [0.1, 0.15) is 0 Å². The first-order chi connectivity index (χ1) is 12.7. The minimum absolute atomic E-state index is 0.320. The third-order valence-electron chi connectivity index (χ3n) is 5.03. The van der Waals surface area contributed by atoms with Crippen molar-refractivity contribution < 1.29 is 19.1 Å². The van der Waals surface area contributed by atoms with Crippen molar-refractivity contribution in [3.8, 4) is 0 Å². The second kappa shape index (κ2) is 11.0. The van der Waals surface area contributed by atoms with Crippen molar-refractivity contribution in [3.63, 3.8) is 0 Å². The van der Waals surface area contributed by atoms with Gasteiger partial charge in [-0.1, -0.05) is 58.1 Å². The maximum absolute atomic E-state index is 12.8. The molecular weight excluding hydrogens is 328 g/mol. The molecule has 4 heteroatoms. The molecule has 0 aliphatic heterocycles. The molecule has 1 saturated carbocycles. The Balaban J connectivity index is 2.29. The third-order valence-corrected chi connectivity index (χ3v) is 5.03. The van der Waals surface area contributed by atoms with Crippen molar-refractivity contribution >= 4 is 11.9 Å². The first kappa shape index (κ1) is 20.5. The average Bonchev–Trinajstić information content (AvgIpc) is 2.68. The summed E-state index contributed by atoms with van der Waals surface area (Å²) in [5, 5.41) is 0. The number of hydrogen-bond donors (Lipinski definition) is 0. The van der Waals surface area contributed by atoms with Crippen molar-refractivity contribution in [1.82, 2.24) is 0 Å². The molecule has 2 rings (SSSR count). The van der Waals surface area contributed by atoms with Gasteiger partial charge in [0.15, 0.2) is 0 Å². The zero-order valence-corrected chi connectivity index (χ0v) is 16.2. The van der Waals surface area contributed by atoms with E-state index in [2.05, 4.69) is 6.92 Å². The monoisotopic (exact) mass is 360 g/mol. The van der Waals surface area contributed by atoms with Crippen molar-refractivity contribution in [2.45, 2.75) is 77.6 Å². The molecule has 0 bridgehead atoms. The highest BCUT2D eigenvalue weighted by molar-refractivity contribution is 6.04. The lowest BCUT2D eigenvalue weighted by Crippen LogP contribution is -2.19. The van der Waals surface area contributed by atoms with Crippen molar-refractivity contribution in [3.05, 3.63) is 34.9 Å². The quantitative estimate of drug-likeness (QED) is 0.422. The molecule has 0 saturated heterocycles. The first-order valence-corrected chi connectivity index (χ1v) is 10.2. The standard InChI is InChI=1S/C22H32O4/c1-3-5-15-25-21(23)19-14-10-13-18(17-11-8-7-9-12-17)20(19)22(24)26-16-6-4-2/h10,13-14,17H,3-9,11-12,15-16H2,1-2H3. The van der Waals surface area contributed by atoms with E-state index in [0.717, 1.165) is 44.1 Å². The number of ether oxygens (including phenoxy) is 2. The van der Waals surface area contributed by atoms with Crippen LogP contribution in [-0.2, 0) is 9.47 Å². The number of carbonyl (C=O) groups is 2. The molecule has 1 aromatic carbocycles. The second-order valence-electron chi connectivity index (χ2n) is 7.08. The molecule has 1 aromatic rings. The van der Waals surface area contributed by atoms with Crippen LogP contribution in [0.2, 0.25) is 0 Å². The van der Waals surface area contributed by atoms with Gasteiger partial charge in [-0.05, 0) is 43.2 Å².